The predicted octanol–water partition coefficient (Wildman–Crippen LogP) is 4.37. The molecule has 5 rings (SSSR count). The van der Waals surface area contributed by atoms with Crippen molar-refractivity contribution in [2.45, 2.75) is 19.9 Å². The fraction of sp³-hybridized carbons (Fsp3) is 0.138. The zero-order valence-corrected chi connectivity index (χ0v) is 22.4. The molecule has 0 N–H and O–H groups in total. The van der Waals surface area contributed by atoms with E-state index in [2.05, 4.69) is 9.98 Å². The van der Waals surface area contributed by atoms with Crippen molar-refractivity contribution in [2.75, 3.05) is 6.61 Å². The molecule has 41 heavy (non-hydrogen) atoms. The van der Waals surface area contributed by atoms with Gasteiger partial charge in [0.15, 0.2) is 5.49 Å². The van der Waals surface area contributed by atoms with Crippen LogP contribution in [0, 0.1) is 10.1 Å². The summed E-state index contributed by atoms with van der Waals surface area (Å²) in [6, 6.07) is 19.3. The van der Waals surface area contributed by atoms with Gasteiger partial charge in [-0.1, -0.05) is 48.0 Å². The number of halogens is 1. The van der Waals surface area contributed by atoms with Crippen molar-refractivity contribution in [2.24, 2.45) is 4.99 Å². The van der Waals surface area contributed by atoms with Crippen molar-refractivity contribution in [3.8, 4) is 0 Å². The highest BCUT2D eigenvalue weighted by molar-refractivity contribution is 6.31. The van der Waals surface area contributed by atoms with Crippen LogP contribution in [0.4, 0.5) is 5.69 Å². The summed E-state index contributed by atoms with van der Waals surface area (Å²) in [5.74, 6) is -1.83. The lowest BCUT2D eigenvalue weighted by molar-refractivity contribution is -0.385. The Morgan fingerprint density at radius 2 is 1.80 bits per heavy atom. The number of hydrogen-bond acceptors (Lipinski definition) is 7. The lowest BCUT2D eigenvalue weighted by atomic mass is 10.1. The highest BCUT2D eigenvalue weighted by Crippen LogP contribution is 2.23. The van der Waals surface area contributed by atoms with Crippen molar-refractivity contribution in [1.29, 1.82) is 0 Å². The lowest BCUT2D eigenvalue weighted by Gasteiger charge is -2.15. The van der Waals surface area contributed by atoms with Crippen LogP contribution in [0.25, 0.3) is 16.7 Å². The monoisotopic (exact) mass is 571 g/mol. The molecule has 5 aromatic rings. The molecule has 0 saturated heterocycles. The van der Waals surface area contributed by atoms with Crippen molar-refractivity contribution in [3.63, 3.8) is 0 Å². The van der Waals surface area contributed by atoms with Crippen LogP contribution in [0.15, 0.2) is 88.8 Å². The van der Waals surface area contributed by atoms with Gasteiger partial charge in [0.25, 0.3) is 17.2 Å². The zero-order valence-electron chi connectivity index (χ0n) is 21.7. The summed E-state index contributed by atoms with van der Waals surface area (Å²) in [4.78, 5) is 60.0. The molecule has 206 valence electrons. The number of aromatic nitrogens is 3. The summed E-state index contributed by atoms with van der Waals surface area (Å²) in [5, 5.41) is 11.9. The van der Waals surface area contributed by atoms with E-state index in [-0.39, 0.29) is 45.8 Å². The summed E-state index contributed by atoms with van der Waals surface area (Å²) in [5.41, 5.74) is -0.165. The maximum atomic E-state index is 13.5. The van der Waals surface area contributed by atoms with Crippen molar-refractivity contribution >= 4 is 45.8 Å². The zero-order chi connectivity index (χ0) is 29.1. The van der Waals surface area contributed by atoms with Gasteiger partial charge in [-0.3, -0.25) is 24.1 Å². The molecule has 0 aliphatic rings. The Morgan fingerprint density at radius 1 is 1.05 bits per heavy atom. The number of ether oxygens (including phenoxy) is 1. The Bertz CT molecular complexity index is 1970. The second-order valence-corrected chi connectivity index (χ2v) is 9.34. The third kappa shape index (κ3) is 5.48. The third-order valence-electron chi connectivity index (χ3n) is 6.35. The molecule has 0 spiro atoms. The number of pyridine rings is 2. The van der Waals surface area contributed by atoms with E-state index in [0.29, 0.717) is 12.1 Å². The molecule has 3 heterocycles. The first kappa shape index (κ1) is 27.4. The quantitative estimate of drug-likeness (QED) is 0.122. The van der Waals surface area contributed by atoms with Gasteiger partial charge < -0.3 is 9.30 Å². The smallest absolute Gasteiger partial charge is 0.341 e. The van der Waals surface area contributed by atoms with Gasteiger partial charge in [0, 0.05) is 23.8 Å². The number of nitrogens with zero attached hydrogens (tertiary/aromatic N) is 5. The summed E-state index contributed by atoms with van der Waals surface area (Å²) in [7, 11) is 0. The largest absolute Gasteiger partial charge is 0.462 e. The van der Waals surface area contributed by atoms with Crippen molar-refractivity contribution in [1.82, 2.24) is 14.0 Å². The molecule has 0 radical (unpaired) electrons. The first-order chi connectivity index (χ1) is 19.8. The Balaban J connectivity index is 1.86. The highest BCUT2D eigenvalue weighted by atomic mass is 35.5. The molecule has 0 unspecified atom stereocenters. The van der Waals surface area contributed by atoms with Gasteiger partial charge in [-0.25, -0.2) is 9.78 Å². The molecule has 0 bridgehead atoms. The molecule has 0 aliphatic carbocycles. The molecule has 2 aromatic carbocycles. The van der Waals surface area contributed by atoms with Crippen LogP contribution >= 0.6 is 11.6 Å². The average Bonchev–Trinajstić information content (AvgIpc) is 2.97. The number of aryl methyl sites for hydroxylation is 2. The van der Waals surface area contributed by atoms with Crippen molar-refractivity contribution in [3.05, 3.63) is 127 Å². The van der Waals surface area contributed by atoms with Crippen LogP contribution in [0.2, 0.25) is 5.02 Å². The Labute approximate surface area is 237 Å². The van der Waals surface area contributed by atoms with E-state index in [1.807, 2.05) is 30.3 Å². The molecular formula is C29H22ClN5O6. The number of carbonyl (C=O) groups is 2. The minimum absolute atomic E-state index is 0.0169. The van der Waals surface area contributed by atoms with Crippen LogP contribution in [-0.2, 0) is 17.7 Å². The van der Waals surface area contributed by atoms with Crippen LogP contribution in [0.1, 0.15) is 33.2 Å². The summed E-state index contributed by atoms with van der Waals surface area (Å²) < 4.78 is 8.09. The maximum Gasteiger partial charge on any atom is 0.341 e. The molecule has 0 fully saturated rings. The van der Waals surface area contributed by atoms with Crippen LogP contribution in [0.5, 0.6) is 0 Å². The first-order valence-electron chi connectivity index (χ1n) is 12.6. The third-order valence-corrected chi connectivity index (χ3v) is 6.58. The maximum absolute atomic E-state index is 13.5. The van der Waals surface area contributed by atoms with E-state index >= 15 is 0 Å². The number of fused-ring (bicyclic) bond motifs is 2. The molecule has 0 aliphatic heterocycles. The second-order valence-electron chi connectivity index (χ2n) is 8.91. The van der Waals surface area contributed by atoms with Gasteiger partial charge in [0.2, 0.25) is 0 Å². The Morgan fingerprint density at radius 3 is 2.54 bits per heavy atom. The summed E-state index contributed by atoms with van der Waals surface area (Å²) in [6.45, 7) is 1.79. The molecule has 12 heteroatoms. The minimum Gasteiger partial charge on any atom is -0.462 e. The molecule has 0 atom stereocenters. The Hall–Kier alpha value is -5.16. The van der Waals surface area contributed by atoms with Gasteiger partial charge >= 0.3 is 5.97 Å². The van der Waals surface area contributed by atoms with E-state index in [1.54, 1.807) is 31.3 Å². The number of carbonyl (C=O) groups excluding carboxylic acids is 2. The first-order valence-corrected chi connectivity index (χ1v) is 12.9. The van der Waals surface area contributed by atoms with Crippen LogP contribution < -0.4 is 11.0 Å². The van der Waals surface area contributed by atoms with Crippen LogP contribution in [0.3, 0.4) is 0 Å². The predicted molar refractivity (Wildman–Crippen MR) is 151 cm³/mol. The number of esters is 1. The Kier molecular flexibility index (Phi) is 7.70. The fourth-order valence-electron chi connectivity index (χ4n) is 4.45. The van der Waals surface area contributed by atoms with E-state index in [1.165, 1.54) is 21.1 Å². The SMILES string of the molecule is CCOC(=O)c1cc2c(=O)n3ccccc3nc2n(CCc2ccccc2)c1=NC(=O)c1cc(Cl)ccc1[N+](=O)[O-]. The number of nitro groups is 1. The molecule has 1 amide bonds. The van der Waals surface area contributed by atoms with E-state index < -0.39 is 28.0 Å². The average molecular weight is 572 g/mol. The van der Waals surface area contributed by atoms with Gasteiger partial charge in [-0.15, -0.1) is 0 Å². The van der Waals surface area contributed by atoms with Crippen LogP contribution in [-0.4, -0.2) is 37.4 Å². The molecule has 3 aromatic heterocycles. The molecule has 11 nitrogen and oxygen atoms in total. The highest BCUT2D eigenvalue weighted by Gasteiger charge is 2.24. The molecular weight excluding hydrogens is 550 g/mol. The summed E-state index contributed by atoms with van der Waals surface area (Å²) in [6.07, 6.45) is 1.99. The van der Waals surface area contributed by atoms with Gasteiger partial charge in [-0.2, -0.15) is 4.99 Å². The van der Waals surface area contributed by atoms with E-state index in [4.69, 9.17) is 16.3 Å². The second kappa shape index (κ2) is 11.5. The fourth-order valence-corrected chi connectivity index (χ4v) is 4.62. The molecule has 0 saturated carbocycles. The van der Waals surface area contributed by atoms with Gasteiger partial charge in [0.1, 0.15) is 22.4 Å². The standard InChI is InChI=1S/C29H22ClN5O6/c1-2-41-29(38)22-17-21-25(31-24-10-6-7-14-33(24)28(21)37)34(15-13-18-8-4-3-5-9-18)26(22)32-27(36)20-16-19(30)11-12-23(20)35(39)40/h3-12,14,16-17H,2,13,15H2,1H3. The van der Waals surface area contributed by atoms with E-state index in [9.17, 15) is 24.5 Å². The minimum atomic E-state index is -1.00. The number of nitro benzene ring substituents is 1. The number of benzene rings is 2. The topological polar surface area (TPSA) is 138 Å². The lowest BCUT2D eigenvalue weighted by Crippen LogP contribution is -2.33. The normalized spacial score (nSPS) is 11.6. The summed E-state index contributed by atoms with van der Waals surface area (Å²) >= 11 is 6.05. The van der Waals surface area contributed by atoms with Gasteiger partial charge in [0.05, 0.1) is 16.9 Å². The van der Waals surface area contributed by atoms with Gasteiger partial charge in [-0.05, 0) is 49.2 Å². The number of hydrogen-bond donors (Lipinski definition) is 0. The van der Waals surface area contributed by atoms with Crippen molar-refractivity contribution < 1.29 is 19.2 Å². The van der Waals surface area contributed by atoms with E-state index in [0.717, 1.165) is 17.7 Å². The number of rotatable bonds is 7. The number of amides is 1.